The van der Waals surface area contributed by atoms with Gasteiger partial charge in [0.1, 0.15) is 24.6 Å². The standard InChI is InChI=1S/C14H11N7O3/c22-14(9-20-8-11(7-17-20)21(23)24)19-16-6-10-5-15-12-3-1-2-4-13(12)18-10/h1-8H,9H2,(H,19,22). The minimum Gasteiger partial charge on any atom is -0.271 e. The van der Waals surface area contributed by atoms with E-state index in [1.54, 1.807) is 0 Å². The lowest BCUT2D eigenvalue weighted by Crippen LogP contribution is -2.23. The Bertz CT molecular complexity index is 935. The lowest BCUT2D eigenvalue weighted by molar-refractivity contribution is -0.385. The number of hydrazone groups is 1. The van der Waals surface area contributed by atoms with Crippen LogP contribution in [0.1, 0.15) is 5.69 Å². The van der Waals surface area contributed by atoms with Gasteiger partial charge in [0.25, 0.3) is 5.91 Å². The number of para-hydroxylation sites is 2. The normalized spacial score (nSPS) is 11.0. The second-order valence-electron chi connectivity index (χ2n) is 4.73. The molecule has 0 bridgehead atoms. The number of nitro groups is 1. The highest BCUT2D eigenvalue weighted by Gasteiger charge is 2.10. The number of fused-ring (bicyclic) bond motifs is 1. The van der Waals surface area contributed by atoms with E-state index in [0.29, 0.717) is 5.69 Å². The van der Waals surface area contributed by atoms with Gasteiger partial charge in [0.2, 0.25) is 0 Å². The van der Waals surface area contributed by atoms with Gasteiger partial charge in [0.05, 0.1) is 28.4 Å². The fourth-order valence-corrected chi connectivity index (χ4v) is 1.92. The highest BCUT2D eigenvalue weighted by atomic mass is 16.6. The van der Waals surface area contributed by atoms with Crippen molar-refractivity contribution in [1.29, 1.82) is 0 Å². The Labute approximate surface area is 135 Å². The molecule has 0 saturated heterocycles. The molecule has 2 heterocycles. The van der Waals surface area contributed by atoms with Crippen LogP contribution >= 0.6 is 0 Å². The first kappa shape index (κ1) is 15.2. The first-order chi connectivity index (χ1) is 11.6. The minimum atomic E-state index is -0.585. The maximum Gasteiger partial charge on any atom is 0.307 e. The van der Waals surface area contributed by atoms with Gasteiger partial charge in [-0.25, -0.2) is 10.4 Å². The number of aromatic nitrogens is 4. The fraction of sp³-hybridized carbons (Fsp3) is 0.0714. The van der Waals surface area contributed by atoms with Gasteiger partial charge in [-0.05, 0) is 12.1 Å². The molecule has 2 aromatic heterocycles. The van der Waals surface area contributed by atoms with E-state index in [-0.39, 0.29) is 12.2 Å². The summed E-state index contributed by atoms with van der Waals surface area (Å²) in [5.41, 5.74) is 4.09. The quantitative estimate of drug-likeness (QED) is 0.421. The molecule has 3 rings (SSSR count). The van der Waals surface area contributed by atoms with Crippen LogP contribution in [0.2, 0.25) is 0 Å². The van der Waals surface area contributed by atoms with E-state index in [1.807, 2.05) is 24.3 Å². The van der Waals surface area contributed by atoms with Gasteiger partial charge in [-0.3, -0.25) is 24.6 Å². The van der Waals surface area contributed by atoms with Crippen molar-refractivity contribution in [1.82, 2.24) is 25.2 Å². The molecular formula is C14H11N7O3. The summed E-state index contributed by atoms with van der Waals surface area (Å²) < 4.78 is 1.15. The molecular weight excluding hydrogens is 314 g/mol. The molecule has 1 N–H and O–H groups in total. The molecule has 0 atom stereocenters. The minimum absolute atomic E-state index is 0.183. The van der Waals surface area contributed by atoms with Crippen molar-refractivity contribution in [2.45, 2.75) is 6.54 Å². The van der Waals surface area contributed by atoms with E-state index in [4.69, 9.17) is 0 Å². The Hall–Kier alpha value is -3.69. The molecule has 1 amide bonds. The Kier molecular flexibility index (Phi) is 4.19. The van der Waals surface area contributed by atoms with Crippen molar-refractivity contribution in [3.63, 3.8) is 0 Å². The van der Waals surface area contributed by atoms with Crippen molar-refractivity contribution in [3.8, 4) is 0 Å². The summed E-state index contributed by atoms with van der Waals surface area (Å²) in [5.74, 6) is -0.474. The van der Waals surface area contributed by atoms with Crippen LogP contribution in [0.25, 0.3) is 11.0 Å². The highest BCUT2D eigenvalue weighted by Crippen LogP contribution is 2.08. The third kappa shape index (κ3) is 3.55. The van der Waals surface area contributed by atoms with E-state index in [9.17, 15) is 14.9 Å². The van der Waals surface area contributed by atoms with Crippen LogP contribution in [0.15, 0.2) is 48.0 Å². The summed E-state index contributed by atoms with van der Waals surface area (Å²) in [5, 5.41) is 18.0. The Morgan fingerprint density at radius 2 is 2.12 bits per heavy atom. The zero-order valence-electron chi connectivity index (χ0n) is 12.2. The van der Waals surface area contributed by atoms with Crippen molar-refractivity contribution >= 4 is 28.8 Å². The molecule has 0 unspecified atom stereocenters. The van der Waals surface area contributed by atoms with Gasteiger partial charge in [0.15, 0.2) is 0 Å². The molecule has 3 aromatic rings. The molecule has 10 heteroatoms. The first-order valence-electron chi connectivity index (χ1n) is 6.82. The molecule has 0 saturated carbocycles. The summed E-state index contributed by atoms with van der Waals surface area (Å²) in [6, 6.07) is 7.38. The molecule has 1 aromatic carbocycles. The molecule has 0 fully saturated rings. The number of rotatable bonds is 5. The number of carbonyl (C=O) groups excluding carboxylic acids is 1. The number of carbonyl (C=O) groups is 1. The second-order valence-corrected chi connectivity index (χ2v) is 4.73. The zero-order valence-corrected chi connectivity index (χ0v) is 12.2. The average Bonchev–Trinajstić information content (AvgIpc) is 3.03. The van der Waals surface area contributed by atoms with Crippen molar-refractivity contribution < 1.29 is 9.72 Å². The van der Waals surface area contributed by atoms with Crippen LogP contribution in [0.4, 0.5) is 5.69 Å². The third-order valence-electron chi connectivity index (χ3n) is 2.99. The SMILES string of the molecule is O=C(Cn1cc([N+](=O)[O-])cn1)NN=Cc1cnc2ccccc2n1. The van der Waals surface area contributed by atoms with Crippen LogP contribution in [-0.4, -0.2) is 36.8 Å². The van der Waals surface area contributed by atoms with Gasteiger partial charge >= 0.3 is 5.69 Å². The second kappa shape index (κ2) is 6.60. The van der Waals surface area contributed by atoms with Crippen molar-refractivity contribution in [2.75, 3.05) is 0 Å². The predicted octanol–water partition coefficient (Wildman–Crippen LogP) is 0.885. The Morgan fingerprint density at radius 3 is 2.88 bits per heavy atom. The van der Waals surface area contributed by atoms with E-state index in [2.05, 4.69) is 25.6 Å². The largest absolute Gasteiger partial charge is 0.307 e. The Balaban J connectivity index is 1.59. The fourth-order valence-electron chi connectivity index (χ4n) is 1.92. The van der Waals surface area contributed by atoms with Crippen molar-refractivity contribution in [3.05, 3.63) is 58.7 Å². The van der Waals surface area contributed by atoms with E-state index < -0.39 is 10.8 Å². The Morgan fingerprint density at radius 1 is 1.33 bits per heavy atom. The average molecular weight is 325 g/mol. The number of nitrogens with zero attached hydrogens (tertiary/aromatic N) is 6. The maximum atomic E-state index is 11.7. The summed E-state index contributed by atoms with van der Waals surface area (Å²) in [6.07, 6.45) is 5.14. The van der Waals surface area contributed by atoms with Gasteiger partial charge < -0.3 is 0 Å². The smallest absolute Gasteiger partial charge is 0.271 e. The number of benzene rings is 1. The molecule has 10 nitrogen and oxygen atoms in total. The number of nitrogens with one attached hydrogen (secondary N) is 1. The molecule has 120 valence electrons. The van der Waals surface area contributed by atoms with Crippen LogP contribution in [0.3, 0.4) is 0 Å². The number of hydrogen-bond acceptors (Lipinski definition) is 7. The third-order valence-corrected chi connectivity index (χ3v) is 2.99. The van der Waals surface area contributed by atoms with E-state index in [0.717, 1.165) is 28.1 Å². The monoisotopic (exact) mass is 325 g/mol. The van der Waals surface area contributed by atoms with Crippen LogP contribution in [-0.2, 0) is 11.3 Å². The molecule has 0 aliphatic carbocycles. The predicted molar refractivity (Wildman–Crippen MR) is 84.2 cm³/mol. The van der Waals surface area contributed by atoms with E-state index >= 15 is 0 Å². The van der Waals surface area contributed by atoms with E-state index in [1.165, 1.54) is 12.4 Å². The molecule has 0 spiro atoms. The molecule has 0 aliphatic heterocycles. The molecule has 0 aliphatic rings. The van der Waals surface area contributed by atoms with Gasteiger partial charge in [-0.1, -0.05) is 12.1 Å². The van der Waals surface area contributed by atoms with Gasteiger partial charge in [-0.2, -0.15) is 10.2 Å². The topological polar surface area (TPSA) is 128 Å². The summed E-state index contributed by atoms with van der Waals surface area (Å²) >= 11 is 0. The van der Waals surface area contributed by atoms with Gasteiger partial charge in [0, 0.05) is 0 Å². The molecule has 24 heavy (non-hydrogen) atoms. The first-order valence-corrected chi connectivity index (χ1v) is 6.82. The number of hydrogen-bond donors (Lipinski definition) is 1. The van der Waals surface area contributed by atoms with Crippen LogP contribution in [0, 0.1) is 10.1 Å². The summed E-state index contributed by atoms with van der Waals surface area (Å²) in [7, 11) is 0. The van der Waals surface area contributed by atoms with Gasteiger partial charge in [-0.15, -0.1) is 0 Å². The van der Waals surface area contributed by atoms with Crippen LogP contribution < -0.4 is 5.43 Å². The lowest BCUT2D eigenvalue weighted by atomic mass is 10.3. The lowest BCUT2D eigenvalue weighted by Gasteiger charge is -2.00. The maximum absolute atomic E-state index is 11.7. The number of amides is 1. The van der Waals surface area contributed by atoms with Crippen LogP contribution in [0.5, 0.6) is 0 Å². The summed E-state index contributed by atoms with van der Waals surface area (Å²) in [6.45, 7) is -0.186. The summed E-state index contributed by atoms with van der Waals surface area (Å²) in [4.78, 5) is 30.2. The van der Waals surface area contributed by atoms with Crippen molar-refractivity contribution in [2.24, 2.45) is 5.10 Å². The zero-order chi connectivity index (χ0) is 16.9. The highest BCUT2D eigenvalue weighted by molar-refractivity contribution is 5.83. The molecule has 0 radical (unpaired) electrons.